The molecule has 1 aliphatic heterocycles. The molecule has 1 aromatic carbocycles. The average molecular weight is 388 g/mol. The molecule has 0 spiro atoms. The van der Waals surface area contributed by atoms with Crippen molar-refractivity contribution in [2.24, 2.45) is 0 Å². The predicted octanol–water partition coefficient (Wildman–Crippen LogP) is 4.18. The molecule has 0 saturated carbocycles. The smallest absolute Gasteiger partial charge is 0.270 e. The number of carbonyl (C=O) groups is 1. The van der Waals surface area contributed by atoms with Gasteiger partial charge in [-0.05, 0) is 55.2 Å². The third kappa shape index (κ3) is 3.52. The Morgan fingerprint density at radius 2 is 1.92 bits per heavy atom. The van der Waals surface area contributed by atoms with E-state index >= 15 is 0 Å². The first kappa shape index (κ1) is 17.6. The second kappa shape index (κ2) is 7.43. The summed E-state index contributed by atoms with van der Waals surface area (Å²) < 4.78 is 3.31. The van der Waals surface area contributed by atoms with Gasteiger partial charge in [0.25, 0.3) is 5.91 Å². The molecule has 1 fully saturated rings. The van der Waals surface area contributed by atoms with Crippen LogP contribution in [0.3, 0.4) is 0 Å². The topological polar surface area (TPSA) is 28.5 Å². The van der Waals surface area contributed by atoms with Crippen LogP contribution in [-0.2, 0) is 6.54 Å². The lowest BCUT2D eigenvalue weighted by Gasteiger charge is -2.21. The molecule has 0 unspecified atom stereocenters. The van der Waals surface area contributed by atoms with E-state index in [0.29, 0.717) is 6.54 Å². The fraction of sp³-hybridized carbons (Fsp3) is 0.350. The number of benzene rings is 1. The van der Waals surface area contributed by atoms with Crippen LogP contribution < -0.4 is 0 Å². The highest BCUT2D eigenvalue weighted by Crippen LogP contribution is 2.27. The van der Waals surface area contributed by atoms with Crippen molar-refractivity contribution < 1.29 is 4.79 Å². The summed E-state index contributed by atoms with van der Waals surface area (Å²) in [6.07, 6.45) is 1.02. The van der Waals surface area contributed by atoms with Gasteiger partial charge in [0.05, 0.1) is 10.2 Å². The minimum Gasteiger partial charge on any atom is -0.336 e. The summed E-state index contributed by atoms with van der Waals surface area (Å²) in [7, 11) is 2.12. The summed E-state index contributed by atoms with van der Waals surface area (Å²) in [6, 6.07) is 12.0. The Kier molecular flexibility index (Phi) is 5.02. The number of fused-ring (bicyclic) bond motifs is 1. The molecule has 1 saturated heterocycles. The average Bonchev–Trinajstić information content (AvgIpc) is 3.14. The molecule has 0 aliphatic carbocycles. The highest BCUT2D eigenvalue weighted by atomic mass is 35.5. The summed E-state index contributed by atoms with van der Waals surface area (Å²) in [5.74, 6) is 0.137. The van der Waals surface area contributed by atoms with Gasteiger partial charge < -0.3 is 14.4 Å². The van der Waals surface area contributed by atoms with E-state index in [1.807, 2.05) is 35.2 Å². The summed E-state index contributed by atoms with van der Waals surface area (Å²) >= 11 is 7.69. The molecule has 3 heterocycles. The van der Waals surface area contributed by atoms with Crippen LogP contribution in [0.15, 0.2) is 41.8 Å². The molecule has 4 rings (SSSR count). The Balaban J connectivity index is 1.67. The van der Waals surface area contributed by atoms with Crippen molar-refractivity contribution >= 4 is 39.1 Å². The van der Waals surface area contributed by atoms with Crippen LogP contribution in [0.5, 0.6) is 0 Å². The van der Waals surface area contributed by atoms with Crippen LogP contribution in [0.25, 0.3) is 10.2 Å². The maximum atomic E-state index is 13.3. The highest BCUT2D eigenvalue weighted by Gasteiger charge is 2.23. The van der Waals surface area contributed by atoms with E-state index in [1.165, 1.54) is 0 Å². The quantitative estimate of drug-likeness (QED) is 0.674. The molecule has 3 aromatic rings. The fourth-order valence-corrected chi connectivity index (χ4v) is 4.46. The SMILES string of the molecule is CN1CCCN(C(=O)c2cc3sccc3n2Cc2ccc(Cl)cc2)CC1. The second-order valence-corrected chi connectivity index (χ2v) is 8.25. The van der Waals surface area contributed by atoms with Gasteiger partial charge in [-0.15, -0.1) is 11.3 Å². The lowest BCUT2D eigenvalue weighted by molar-refractivity contribution is 0.0753. The Labute approximate surface area is 162 Å². The number of nitrogens with zero attached hydrogens (tertiary/aromatic N) is 3. The second-order valence-electron chi connectivity index (χ2n) is 6.86. The van der Waals surface area contributed by atoms with Crippen molar-refractivity contribution in [2.75, 3.05) is 33.2 Å². The lowest BCUT2D eigenvalue weighted by Crippen LogP contribution is -2.35. The van der Waals surface area contributed by atoms with Crippen LogP contribution in [-0.4, -0.2) is 53.5 Å². The third-order valence-corrected chi connectivity index (χ3v) is 6.11. The van der Waals surface area contributed by atoms with E-state index < -0.39 is 0 Å². The van der Waals surface area contributed by atoms with Gasteiger partial charge in [-0.25, -0.2) is 0 Å². The molecule has 6 heteroatoms. The summed E-state index contributed by atoms with van der Waals surface area (Å²) in [4.78, 5) is 17.6. The van der Waals surface area contributed by atoms with Crippen LogP contribution in [0.2, 0.25) is 5.02 Å². The van der Waals surface area contributed by atoms with E-state index in [1.54, 1.807) is 11.3 Å². The normalized spacial score (nSPS) is 16.2. The Hall–Kier alpha value is -1.82. The number of carbonyl (C=O) groups excluding carboxylic acids is 1. The predicted molar refractivity (Wildman–Crippen MR) is 108 cm³/mol. The van der Waals surface area contributed by atoms with E-state index in [-0.39, 0.29) is 5.91 Å². The summed E-state index contributed by atoms with van der Waals surface area (Å²) in [6.45, 7) is 4.26. The molecule has 0 bridgehead atoms. The van der Waals surface area contributed by atoms with Gasteiger partial charge in [0.1, 0.15) is 5.69 Å². The van der Waals surface area contributed by atoms with Crippen LogP contribution in [0.1, 0.15) is 22.5 Å². The van der Waals surface area contributed by atoms with Gasteiger partial charge in [0.15, 0.2) is 0 Å². The monoisotopic (exact) mass is 387 g/mol. The number of likely N-dealkylation sites (N-methyl/N-ethyl adjacent to an activating group) is 1. The molecule has 1 amide bonds. The fourth-order valence-electron chi connectivity index (χ4n) is 3.51. The van der Waals surface area contributed by atoms with E-state index in [2.05, 4.69) is 28.0 Å². The summed E-state index contributed by atoms with van der Waals surface area (Å²) in [5.41, 5.74) is 3.05. The third-order valence-electron chi connectivity index (χ3n) is 5.00. The van der Waals surface area contributed by atoms with E-state index in [4.69, 9.17) is 11.6 Å². The van der Waals surface area contributed by atoms with Crippen LogP contribution in [0.4, 0.5) is 0 Å². The highest BCUT2D eigenvalue weighted by molar-refractivity contribution is 7.17. The van der Waals surface area contributed by atoms with Crippen molar-refractivity contribution in [2.45, 2.75) is 13.0 Å². The molecule has 4 nitrogen and oxygen atoms in total. The van der Waals surface area contributed by atoms with E-state index in [9.17, 15) is 4.79 Å². The number of thiophene rings is 1. The first-order valence-corrected chi connectivity index (χ1v) is 10.2. The number of aromatic nitrogens is 1. The zero-order valence-electron chi connectivity index (χ0n) is 14.8. The Morgan fingerprint density at radius 1 is 1.12 bits per heavy atom. The van der Waals surface area contributed by atoms with Crippen LogP contribution >= 0.6 is 22.9 Å². The maximum Gasteiger partial charge on any atom is 0.270 e. The first-order chi connectivity index (χ1) is 12.6. The van der Waals surface area contributed by atoms with Crippen molar-refractivity contribution in [1.29, 1.82) is 0 Å². The molecule has 136 valence electrons. The van der Waals surface area contributed by atoms with Crippen molar-refractivity contribution in [3.63, 3.8) is 0 Å². The number of halogens is 1. The van der Waals surface area contributed by atoms with Gasteiger partial charge in [0, 0.05) is 31.2 Å². The summed E-state index contributed by atoms with van der Waals surface area (Å²) in [5, 5.41) is 2.81. The minimum absolute atomic E-state index is 0.137. The number of hydrogen-bond acceptors (Lipinski definition) is 3. The molecule has 0 atom stereocenters. The Morgan fingerprint density at radius 3 is 2.73 bits per heavy atom. The van der Waals surface area contributed by atoms with Crippen molar-refractivity contribution in [1.82, 2.24) is 14.4 Å². The molecule has 0 N–H and O–H groups in total. The van der Waals surface area contributed by atoms with Crippen molar-refractivity contribution in [3.05, 3.63) is 58.1 Å². The molecule has 26 heavy (non-hydrogen) atoms. The molecule has 0 radical (unpaired) electrons. The zero-order valence-corrected chi connectivity index (χ0v) is 16.4. The zero-order chi connectivity index (χ0) is 18.1. The first-order valence-electron chi connectivity index (χ1n) is 8.91. The van der Waals surface area contributed by atoms with Gasteiger partial charge in [-0.2, -0.15) is 0 Å². The van der Waals surface area contributed by atoms with Gasteiger partial charge in [-0.3, -0.25) is 4.79 Å². The minimum atomic E-state index is 0.137. The molecular weight excluding hydrogens is 366 g/mol. The van der Waals surface area contributed by atoms with Gasteiger partial charge >= 0.3 is 0 Å². The maximum absolute atomic E-state index is 13.3. The molecule has 2 aromatic heterocycles. The number of rotatable bonds is 3. The van der Waals surface area contributed by atoms with Crippen LogP contribution in [0, 0.1) is 0 Å². The number of amides is 1. The van der Waals surface area contributed by atoms with Gasteiger partial charge in [0.2, 0.25) is 0 Å². The molecular formula is C20H22ClN3OS. The van der Waals surface area contributed by atoms with Crippen molar-refractivity contribution in [3.8, 4) is 0 Å². The number of hydrogen-bond donors (Lipinski definition) is 0. The lowest BCUT2D eigenvalue weighted by atomic mass is 10.2. The Bertz CT molecular complexity index is 915. The largest absolute Gasteiger partial charge is 0.336 e. The molecule has 1 aliphatic rings. The van der Waals surface area contributed by atoms with Gasteiger partial charge in [-0.1, -0.05) is 23.7 Å². The van der Waals surface area contributed by atoms with E-state index in [0.717, 1.165) is 59.1 Å². The standard InChI is InChI=1S/C20H22ClN3OS/c1-22-8-2-9-23(11-10-22)20(25)18-13-19-17(7-12-26-19)24(18)14-15-3-5-16(21)6-4-15/h3-7,12-13H,2,8-11,14H2,1H3.